The average Bonchev–Trinajstić information content (AvgIpc) is 2.69. The molecule has 108 valence electrons. The van der Waals surface area contributed by atoms with Gasteiger partial charge in [0.15, 0.2) is 0 Å². The summed E-state index contributed by atoms with van der Waals surface area (Å²) >= 11 is 6.00. The third kappa shape index (κ3) is 4.25. The number of nitrogens with zero attached hydrogens (tertiary/aromatic N) is 2. The van der Waals surface area contributed by atoms with E-state index >= 15 is 0 Å². The van der Waals surface area contributed by atoms with Crippen LogP contribution in [-0.4, -0.2) is 35.5 Å². The van der Waals surface area contributed by atoms with Crippen molar-refractivity contribution in [3.63, 3.8) is 0 Å². The predicted molar refractivity (Wildman–Crippen MR) is 79.5 cm³/mol. The largest absolute Gasteiger partial charge is 0.342 e. The van der Waals surface area contributed by atoms with E-state index in [4.69, 9.17) is 17.3 Å². The topological polar surface area (TPSA) is 51.3 Å². The van der Waals surface area contributed by atoms with E-state index in [1.165, 1.54) is 0 Å². The maximum atomic E-state index is 12.5. The molecule has 0 bridgehead atoms. The SMILES string of the molecule is CCCn1cc(Cl)cc1C(=O)N(C)CC(C)(C)CN. The van der Waals surface area contributed by atoms with Gasteiger partial charge in [0.05, 0.1) is 5.02 Å². The van der Waals surface area contributed by atoms with Gasteiger partial charge in [-0.15, -0.1) is 0 Å². The van der Waals surface area contributed by atoms with Crippen molar-refractivity contribution in [3.8, 4) is 0 Å². The third-order valence-corrected chi connectivity index (χ3v) is 3.32. The van der Waals surface area contributed by atoms with E-state index in [1.807, 2.05) is 4.57 Å². The molecule has 0 aliphatic carbocycles. The van der Waals surface area contributed by atoms with Gasteiger partial charge >= 0.3 is 0 Å². The fourth-order valence-electron chi connectivity index (χ4n) is 2.05. The summed E-state index contributed by atoms with van der Waals surface area (Å²) in [4.78, 5) is 14.2. The Kier molecular flexibility index (Phi) is 5.44. The first-order chi connectivity index (χ1) is 8.80. The lowest BCUT2D eigenvalue weighted by Gasteiger charge is -2.29. The van der Waals surface area contributed by atoms with Crippen molar-refractivity contribution < 1.29 is 4.79 Å². The summed E-state index contributed by atoms with van der Waals surface area (Å²) in [5.74, 6) is -0.0122. The van der Waals surface area contributed by atoms with Crippen molar-refractivity contribution in [3.05, 3.63) is 23.0 Å². The summed E-state index contributed by atoms with van der Waals surface area (Å²) in [6.45, 7) is 8.13. The molecule has 1 aromatic heterocycles. The molecule has 0 aliphatic rings. The second-order valence-corrected chi connectivity index (χ2v) is 6.20. The molecule has 5 heteroatoms. The number of rotatable bonds is 6. The molecule has 2 N–H and O–H groups in total. The van der Waals surface area contributed by atoms with Crippen LogP contribution in [0, 0.1) is 5.41 Å². The number of nitrogens with two attached hydrogens (primary N) is 1. The van der Waals surface area contributed by atoms with Gasteiger partial charge in [0, 0.05) is 26.3 Å². The number of carbonyl (C=O) groups is 1. The number of amides is 1. The molecule has 0 aromatic carbocycles. The Balaban J connectivity index is 2.87. The molecular weight excluding hydrogens is 262 g/mol. The van der Waals surface area contributed by atoms with E-state index in [0.717, 1.165) is 13.0 Å². The van der Waals surface area contributed by atoms with Gasteiger partial charge in [-0.05, 0) is 24.4 Å². The molecule has 1 aromatic rings. The van der Waals surface area contributed by atoms with Crippen LogP contribution in [0.15, 0.2) is 12.3 Å². The Bertz CT molecular complexity index is 440. The molecule has 4 nitrogen and oxygen atoms in total. The fraction of sp³-hybridized carbons (Fsp3) is 0.643. The summed E-state index contributed by atoms with van der Waals surface area (Å²) in [6.07, 6.45) is 2.77. The number of carbonyl (C=O) groups excluding carboxylic acids is 1. The number of halogens is 1. The zero-order chi connectivity index (χ0) is 14.6. The minimum absolute atomic E-state index is 0.0122. The zero-order valence-corrected chi connectivity index (χ0v) is 13.0. The molecule has 0 saturated carbocycles. The standard InChI is InChI=1S/C14H24ClN3O/c1-5-6-18-8-11(15)7-12(18)13(19)17(4)10-14(2,3)9-16/h7-8H,5-6,9-10,16H2,1-4H3. The van der Waals surface area contributed by atoms with Gasteiger partial charge in [-0.3, -0.25) is 4.79 Å². The van der Waals surface area contributed by atoms with Crippen molar-refractivity contribution >= 4 is 17.5 Å². The molecule has 0 radical (unpaired) electrons. The van der Waals surface area contributed by atoms with Gasteiger partial charge in [0.25, 0.3) is 5.91 Å². The van der Waals surface area contributed by atoms with E-state index in [0.29, 0.717) is 23.8 Å². The zero-order valence-electron chi connectivity index (χ0n) is 12.2. The number of aromatic nitrogens is 1. The lowest BCUT2D eigenvalue weighted by Crippen LogP contribution is -2.40. The van der Waals surface area contributed by atoms with E-state index < -0.39 is 0 Å². The highest BCUT2D eigenvalue weighted by atomic mass is 35.5. The Hall–Kier alpha value is -1.00. The predicted octanol–water partition coefficient (Wildman–Crippen LogP) is 2.61. The molecule has 0 atom stereocenters. The molecule has 0 unspecified atom stereocenters. The summed E-state index contributed by atoms with van der Waals surface area (Å²) in [6, 6.07) is 1.73. The van der Waals surface area contributed by atoms with Gasteiger partial charge < -0.3 is 15.2 Å². The molecule has 0 saturated heterocycles. The smallest absolute Gasteiger partial charge is 0.270 e. The second-order valence-electron chi connectivity index (χ2n) is 5.77. The molecule has 19 heavy (non-hydrogen) atoms. The Morgan fingerprint density at radius 1 is 1.53 bits per heavy atom. The number of hydrogen-bond donors (Lipinski definition) is 1. The van der Waals surface area contributed by atoms with Crippen LogP contribution in [-0.2, 0) is 6.54 Å². The highest BCUT2D eigenvalue weighted by Gasteiger charge is 2.23. The van der Waals surface area contributed by atoms with Crippen LogP contribution in [0.2, 0.25) is 5.02 Å². The van der Waals surface area contributed by atoms with Gasteiger partial charge in [0.2, 0.25) is 0 Å². The van der Waals surface area contributed by atoms with Crippen LogP contribution < -0.4 is 5.73 Å². The van der Waals surface area contributed by atoms with Crippen LogP contribution in [0.25, 0.3) is 0 Å². The minimum Gasteiger partial charge on any atom is -0.342 e. The van der Waals surface area contributed by atoms with Gasteiger partial charge in [-0.1, -0.05) is 32.4 Å². The fourth-order valence-corrected chi connectivity index (χ4v) is 2.27. The lowest BCUT2D eigenvalue weighted by molar-refractivity contribution is 0.0729. The molecule has 1 amide bonds. The Morgan fingerprint density at radius 2 is 2.16 bits per heavy atom. The minimum atomic E-state index is -0.0869. The summed E-state index contributed by atoms with van der Waals surface area (Å²) in [7, 11) is 1.80. The third-order valence-electron chi connectivity index (χ3n) is 3.11. The van der Waals surface area contributed by atoms with Crippen molar-refractivity contribution in [1.82, 2.24) is 9.47 Å². The Morgan fingerprint density at radius 3 is 2.68 bits per heavy atom. The van der Waals surface area contributed by atoms with E-state index in [2.05, 4.69) is 20.8 Å². The van der Waals surface area contributed by atoms with Crippen LogP contribution in [0.4, 0.5) is 0 Å². The quantitative estimate of drug-likeness (QED) is 0.873. The molecule has 1 heterocycles. The van der Waals surface area contributed by atoms with Gasteiger partial charge in [0.1, 0.15) is 5.69 Å². The molecular formula is C14H24ClN3O. The summed E-state index contributed by atoms with van der Waals surface area (Å²) in [5, 5.41) is 0.600. The number of aryl methyl sites for hydroxylation is 1. The summed E-state index contributed by atoms with van der Waals surface area (Å²) in [5.41, 5.74) is 6.26. The maximum absolute atomic E-state index is 12.5. The van der Waals surface area contributed by atoms with Crippen LogP contribution in [0.3, 0.4) is 0 Å². The highest BCUT2D eigenvalue weighted by Crippen LogP contribution is 2.19. The van der Waals surface area contributed by atoms with E-state index in [9.17, 15) is 4.79 Å². The van der Waals surface area contributed by atoms with Crippen LogP contribution in [0.1, 0.15) is 37.7 Å². The molecule has 0 aliphatic heterocycles. The molecule has 0 spiro atoms. The van der Waals surface area contributed by atoms with Crippen molar-refractivity contribution in [2.45, 2.75) is 33.7 Å². The first kappa shape index (κ1) is 16.1. The number of hydrogen-bond acceptors (Lipinski definition) is 2. The van der Waals surface area contributed by atoms with Crippen LogP contribution in [0.5, 0.6) is 0 Å². The molecule has 1 rings (SSSR count). The van der Waals surface area contributed by atoms with Gasteiger partial charge in [-0.25, -0.2) is 0 Å². The summed E-state index contributed by atoms with van der Waals surface area (Å²) < 4.78 is 1.91. The maximum Gasteiger partial charge on any atom is 0.270 e. The first-order valence-corrected chi connectivity index (χ1v) is 6.99. The lowest BCUT2D eigenvalue weighted by atomic mass is 9.93. The normalized spacial score (nSPS) is 11.7. The van der Waals surface area contributed by atoms with E-state index in [1.54, 1.807) is 24.2 Å². The highest BCUT2D eigenvalue weighted by molar-refractivity contribution is 6.31. The van der Waals surface area contributed by atoms with Crippen molar-refractivity contribution in [2.75, 3.05) is 20.1 Å². The molecule has 0 fully saturated rings. The average molecular weight is 286 g/mol. The van der Waals surface area contributed by atoms with Crippen LogP contribution >= 0.6 is 11.6 Å². The second kappa shape index (κ2) is 6.44. The van der Waals surface area contributed by atoms with Crippen molar-refractivity contribution in [2.24, 2.45) is 11.1 Å². The van der Waals surface area contributed by atoms with Gasteiger partial charge in [-0.2, -0.15) is 0 Å². The van der Waals surface area contributed by atoms with E-state index in [-0.39, 0.29) is 11.3 Å². The monoisotopic (exact) mass is 285 g/mol. The van der Waals surface area contributed by atoms with Crippen molar-refractivity contribution in [1.29, 1.82) is 0 Å². The Labute approximate surface area is 120 Å². The first-order valence-electron chi connectivity index (χ1n) is 6.62.